The number of hydrogen-bond donors (Lipinski definition) is 1. The maximum atomic E-state index is 13.5. The summed E-state index contributed by atoms with van der Waals surface area (Å²) in [4.78, 5) is 30.9. The van der Waals surface area contributed by atoms with Crippen molar-refractivity contribution in [3.05, 3.63) is 58.4 Å². The standard InChI is InChI=1S/C21H20ClN3O6S/c1-28-12-23-21(27)31-18-11-32-20(24-18)25(19(26)14-6-4-5-7-15(14)22)13-8-9-16(29-2)17(10-13)30-3/h4-11H,12H2,1-3H3,(H,23,27). The van der Waals surface area contributed by atoms with Gasteiger partial charge in [0.2, 0.25) is 11.0 Å². The number of anilines is 2. The molecule has 2 aromatic carbocycles. The van der Waals surface area contributed by atoms with Crippen molar-refractivity contribution in [1.29, 1.82) is 0 Å². The van der Waals surface area contributed by atoms with E-state index in [2.05, 4.69) is 10.3 Å². The van der Waals surface area contributed by atoms with Crippen molar-refractivity contribution < 1.29 is 28.5 Å². The van der Waals surface area contributed by atoms with Crippen LogP contribution >= 0.6 is 22.9 Å². The van der Waals surface area contributed by atoms with Crippen LogP contribution in [-0.4, -0.2) is 45.0 Å². The number of amides is 2. The molecule has 0 radical (unpaired) electrons. The molecule has 0 saturated heterocycles. The SMILES string of the molecule is COCNC(=O)Oc1csc(N(C(=O)c2ccccc2Cl)c2ccc(OC)c(OC)c2)n1. The Hall–Kier alpha value is -3.34. The number of rotatable bonds is 8. The predicted molar refractivity (Wildman–Crippen MR) is 121 cm³/mol. The van der Waals surface area contributed by atoms with Gasteiger partial charge in [-0.15, -0.1) is 11.3 Å². The zero-order chi connectivity index (χ0) is 23.1. The summed E-state index contributed by atoms with van der Waals surface area (Å²) in [6.45, 7) is -0.0153. The molecule has 3 rings (SSSR count). The molecule has 0 aliphatic heterocycles. The summed E-state index contributed by atoms with van der Waals surface area (Å²) >= 11 is 7.38. The average Bonchev–Trinajstić information content (AvgIpc) is 3.25. The first-order chi connectivity index (χ1) is 15.5. The Kier molecular flexibility index (Phi) is 7.87. The van der Waals surface area contributed by atoms with Crippen LogP contribution in [0.3, 0.4) is 0 Å². The smallest absolute Gasteiger partial charge is 0.415 e. The van der Waals surface area contributed by atoms with Gasteiger partial charge in [-0.2, -0.15) is 4.98 Å². The minimum Gasteiger partial charge on any atom is -0.493 e. The minimum absolute atomic E-state index is 0.0153. The summed E-state index contributed by atoms with van der Waals surface area (Å²) in [5.74, 6) is 0.525. The number of halogens is 1. The molecule has 0 bridgehead atoms. The summed E-state index contributed by atoms with van der Waals surface area (Å²) in [6, 6.07) is 11.7. The predicted octanol–water partition coefficient (Wildman–Crippen LogP) is 4.48. The summed E-state index contributed by atoms with van der Waals surface area (Å²) in [5.41, 5.74) is 0.733. The quantitative estimate of drug-likeness (QED) is 0.477. The van der Waals surface area contributed by atoms with Gasteiger partial charge in [0.05, 0.1) is 35.9 Å². The van der Waals surface area contributed by atoms with Crippen molar-refractivity contribution in [2.75, 3.05) is 33.0 Å². The number of nitrogens with one attached hydrogen (secondary N) is 1. The number of carbonyl (C=O) groups excluding carboxylic acids is 2. The third-order valence-electron chi connectivity index (χ3n) is 4.15. The highest BCUT2D eigenvalue weighted by Gasteiger charge is 2.26. The summed E-state index contributed by atoms with van der Waals surface area (Å²) in [6.07, 6.45) is -0.737. The number of ether oxygens (including phenoxy) is 4. The second kappa shape index (κ2) is 10.8. The van der Waals surface area contributed by atoms with Crippen molar-refractivity contribution in [1.82, 2.24) is 10.3 Å². The minimum atomic E-state index is -0.737. The van der Waals surface area contributed by atoms with E-state index >= 15 is 0 Å². The summed E-state index contributed by atoms with van der Waals surface area (Å²) < 4.78 is 20.6. The second-order valence-electron chi connectivity index (χ2n) is 6.13. The lowest BCUT2D eigenvalue weighted by molar-refractivity contribution is 0.0999. The summed E-state index contributed by atoms with van der Waals surface area (Å²) in [5, 5.41) is 4.44. The fourth-order valence-electron chi connectivity index (χ4n) is 2.70. The Morgan fingerprint density at radius 2 is 1.84 bits per heavy atom. The van der Waals surface area contributed by atoms with Crippen molar-refractivity contribution >= 4 is 45.8 Å². The van der Waals surface area contributed by atoms with E-state index in [9.17, 15) is 9.59 Å². The molecule has 9 nitrogen and oxygen atoms in total. The second-order valence-corrected chi connectivity index (χ2v) is 7.37. The molecule has 3 aromatic rings. The van der Waals surface area contributed by atoms with Gasteiger partial charge in [-0.1, -0.05) is 23.7 Å². The molecule has 1 heterocycles. The monoisotopic (exact) mass is 477 g/mol. The van der Waals surface area contributed by atoms with Crippen LogP contribution in [0.1, 0.15) is 10.4 Å². The van der Waals surface area contributed by atoms with Crippen LogP contribution in [0.25, 0.3) is 0 Å². The molecule has 168 valence electrons. The van der Waals surface area contributed by atoms with Crippen LogP contribution < -0.4 is 24.4 Å². The molecule has 2 amide bonds. The van der Waals surface area contributed by atoms with Crippen LogP contribution in [0.15, 0.2) is 47.8 Å². The fourth-order valence-corrected chi connectivity index (χ4v) is 3.66. The largest absolute Gasteiger partial charge is 0.493 e. The van der Waals surface area contributed by atoms with E-state index in [0.717, 1.165) is 11.3 Å². The highest BCUT2D eigenvalue weighted by molar-refractivity contribution is 7.14. The number of aromatic nitrogens is 1. The molecule has 0 unspecified atom stereocenters. The van der Waals surface area contributed by atoms with E-state index in [1.54, 1.807) is 42.5 Å². The molecule has 0 aliphatic carbocycles. The lowest BCUT2D eigenvalue weighted by atomic mass is 10.1. The third kappa shape index (κ3) is 5.28. The van der Waals surface area contributed by atoms with Crippen LogP contribution in [0.2, 0.25) is 5.02 Å². The van der Waals surface area contributed by atoms with Gasteiger partial charge in [-0.3, -0.25) is 15.0 Å². The molecule has 1 aromatic heterocycles. The van der Waals surface area contributed by atoms with E-state index in [1.165, 1.54) is 31.6 Å². The van der Waals surface area contributed by atoms with Gasteiger partial charge in [-0.25, -0.2) is 4.79 Å². The fraction of sp³-hybridized carbons (Fsp3) is 0.190. The van der Waals surface area contributed by atoms with Gasteiger partial charge in [0, 0.05) is 13.2 Å². The maximum absolute atomic E-state index is 13.5. The number of nitrogens with zero attached hydrogens (tertiary/aromatic N) is 2. The maximum Gasteiger partial charge on any atom is 0.415 e. The van der Waals surface area contributed by atoms with Crippen molar-refractivity contribution in [3.8, 4) is 17.4 Å². The molecular formula is C21H20ClN3O6S. The topological polar surface area (TPSA) is 99.2 Å². The van der Waals surface area contributed by atoms with Crippen LogP contribution in [0, 0.1) is 0 Å². The molecule has 0 aliphatic rings. The molecular weight excluding hydrogens is 458 g/mol. The molecule has 0 fully saturated rings. The van der Waals surface area contributed by atoms with Crippen molar-refractivity contribution in [2.45, 2.75) is 0 Å². The molecule has 11 heteroatoms. The Balaban J connectivity index is 2.01. The van der Waals surface area contributed by atoms with E-state index in [-0.39, 0.29) is 28.3 Å². The highest BCUT2D eigenvalue weighted by atomic mass is 35.5. The lowest BCUT2D eigenvalue weighted by Gasteiger charge is -2.21. The molecule has 0 atom stereocenters. The van der Waals surface area contributed by atoms with Crippen LogP contribution in [0.4, 0.5) is 15.6 Å². The normalized spacial score (nSPS) is 10.4. The zero-order valence-electron chi connectivity index (χ0n) is 17.5. The Bertz CT molecular complexity index is 1110. The van der Waals surface area contributed by atoms with Gasteiger partial charge < -0.3 is 18.9 Å². The molecule has 0 saturated carbocycles. The number of hydrogen-bond acceptors (Lipinski definition) is 8. The van der Waals surface area contributed by atoms with Crippen molar-refractivity contribution in [3.63, 3.8) is 0 Å². The first-order valence-electron chi connectivity index (χ1n) is 9.19. The number of methoxy groups -OCH3 is 3. The van der Waals surface area contributed by atoms with Crippen molar-refractivity contribution in [2.24, 2.45) is 0 Å². The van der Waals surface area contributed by atoms with Gasteiger partial charge in [0.25, 0.3) is 5.91 Å². The Morgan fingerprint density at radius 3 is 2.53 bits per heavy atom. The van der Waals surface area contributed by atoms with E-state index in [4.69, 9.17) is 30.5 Å². The Labute approximate surface area is 193 Å². The number of thiazole rings is 1. The van der Waals surface area contributed by atoms with Gasteiger partial charge in [-0.05, 0) is 24.3 Å². The van der Waals surface area contributed by atoms with Crippen LogP contribution in [-0.2, 0) is 4.74 Å². The number of carbonyl (C=O) groups is 2. The highest BCUT2D eigenvalue weighted by Crippen LogP contribution is 2.38. The summed E-state index contributed by atoms with van der Waals surface area (Å²) in [7, 11) is 4.45. The zero-order valence-corrected chi connectivity index (χ0v) is 19.0. The first-order valence-corrected chi connectivity index (χ1v) is 10.5. The average molecular weight is 478 g/mol. The van der Waals surface area contributed by atoms with Gasteiger partial charge >= 0.3 is 6.09 Å². The molecule has 1 N–H and O–H groups in total. The molecule has 32 heavy (non-hydrogen) atoms. The van der Waals surface area contributed by atoms with Gasteiger partial charge in [0.1, 0.15) is 6.73 Å². The van der Waals surface area contributed by atoms with Crippen LogP contribution in [0.5, 0.6) is 17.4 Å². The first kappa shape index (κ1) is 23.3. The lowest BCUT2D eigenvalue weighted by Crippen LogP contribution is -2.29. The third-order valence-corrected chi connectivity index (χ3v) is 5.29. The van der Waals surface area contributed by atoms with E-state index < -0.39 is 12.0 Å². The molecule has 0 spiro atoms. The van der Waals surface area contributed by atoms with E-state index in [0.29, 0.717) is 17.2 Å². The van der Waals surface area contributed by atoms with E-state index in [1.807, 2.05) is 0 Å². The Morgan fingerprint density at radius 1 is 1.09 bits per heavy atom. The van der Waals surface area contributed by atoms with Gasteiger partial charge in [0.15, 0.2) is 11.5 Å². The number of benzene rings is 2.